The summed E-state index contributed by atoms with van der Waals surface area (Å²) in [6.45, 7) is 3.25. The van der Waals surface area contributed by atoms with E-state index < -0.39 is 0 Å². The molecule has 0 bridgehead atoms. The molecule has 2 aliphatic rings. The summed E-state index contributed by atoms with van der Waals surface area (Å²) in [6, 6.07) is 20.0. The second-order valence-electron chi connectivity index (χ2n) is 10.3. The molecule has 1 aromatic heterocycles. The van der Waals surface area contributed by atoms with Crippen molar-refractivity contribution in [3.63, 3.8) is 0 Å². The third-order valence-electron chi connectivity index (χ3n) is 7.64. The zero-order valence-electron chi connectivity index (χ0n) is 21.8. The van der Waals surface area contributed by atoms with Crippen molar-refractivity contribution in [2.24, 2.45) is 0 Å². The summed E-state index contributed by atoms with van der Waals surface area (Å²) >= 11 is 0. The topological polar surface area (TPSA) is 92.6 Å². The highest BCUT2D eigenvalue weighted by Crippen LogP contribution is 2.28. The molecule has 196 valence electrons. The number of fused-ring (bicyclic) bond motifs is 1. The summed E-state index contributed by atoms with van der Waals surface area (Å²) in [7, 11) is 1.82. The molecule has 8 nitrogen and oxygen atoms in total. The molecule has 2 fully saturated rings. The summed E-state index contributed by atoms with van der Waals surface area (Å²) < 4.78 is 0. The number of piperidine rings is 1. The number of hydrogen-bond acceptors (Lipinski definition) is 6. The molecule has 38 heavy (non-hydrogen) atoms. The van der Waals surface area contributed by atoms with E-state index in [1.165, 1.54) is 0 Å². The SMILES string of the molecule is CN(Cc1ccccc1)C(=O)c1ccc(NC2CCN(CC(=O)N3CCCC3C#N)CC2)c2cccnc12. The highest BCUT2D eigenvalue weighted by molar-refractivity contribution is 6.08. The van der Waals surface area contributed by atoms with Gasteiger partial charge in [0, 0.05) is 56.5 Å². The zero-order chi connectivity index (χ0) is 26.5. The Kier molecular flexibility index (Phi) is 7.85. The lowest BCUT2D eigenvalue weighted by atomic mass is 10.0. The number of likely N-dealkylation sites (tertiary alicyclic amines) is 2. The van der Waals surface area contributed by atoms with Gasteiger partial charge < -0.3 is 15.1 Å². The summed E-state index contributed by atoms with van der Waals surface area (Å²) in [6.07, 6.45) is 5.25. The van der Waals surface area contributed by atoms with E-state index in [0.29, 0.717) is 30.7 Å². The number of carbonyl (C=O) groups is 2. The van der Waals surface area contributed by atoms with Crippen LogP contribution in [0, 0.1) is 11.3 Å². The van der Waals surface area contributed by atoms with Crippen molar-refractivity contribution >= 4 is 28.4 Å². The molecule has 1 atom stereocenters. The van der Waals surface area contributed by atoms with E-state index in [1.54, 1.807) is 16.0 Å². The van der Waals surface area contributed by atoms with Gasteiger partial charge >= 0.3 is 0 Å². The van der Waals surface area contributed by atoms with E-state index in [0.717, 1.165) is 55.4 Å². The maximum atomic E-state index is 13.3. The Hall–Kier alpha value is -3.96. The number of hydrogen-bond donors (Lipinski definition) is 1. The quantitative estimate of drug-likeness (QED) is 0.518. The Bertz CT molecular complexity index is 1330. The average Bonchev–Trinajstić information content (AvgIpc) is 3.44. The third kappa shape index (κ3) is 5.63. The number of amides is 2. The molecular formula is C30H34N6O2. The highest BCUT2D eigenvalue weighted by Gasteiger charge is 2.30. The van der Waals surface area contributed by atoms with E-state index in [1.807, 2.05) is 61.6 Å². The fraction of sp³-hybridized carbons (Fsp3) is 0.400. The standard InChI is InChI=1S/C30H34N6O2/c1-34(20-22-7-3-2-4-8-22)30(38)26-11-12-27(25-10-5-15-32-29(25)26)33-23-13-17-35(18-14-23)21-28(37)36-16-6-9-24(36)19-31/h2-5,7-8,10-12,15,23-24,33H,6,9,13-14,16-18,20-21H2,1H3. The van der Waals surface area contributed by atoms with Gasteiger partial charge in [0.2, 0.25) is 5.91 Å². The van der Waals surface area contributed by atoms with Crippen LogP contribution in [0.4, 0.5) is 5.69 Å². The third-order valence-corrected chi connectivity index (χ3v) is 7.64. The molecule has 2 aromatic carbocycles. The fourth-order valence-corrected chi connectivity index (χ4v) is 5.54. The Balaban J connectivity index is 1.22. The number of nitriles is 1. The molecule has 2 aliphatic heterocycles. The molecule has 2 saturated heterocycles. The minimum absolute atomic E-state index is 0.0567. The first kappa shape index (κ1) is 25.7. The number of carbonyl (C=O) groups excluding carboxylic acids is 2. The van der Waals surface area contributed by atoms with Crippen LogP contribution >= 0.6 is 0 Å². The minimum atomic E-state index is -0.267. The molecule has 3 heterocycles. The minimum Gasteiger partial charge on any atom is -0.382 e. The van der Waals surface area contributed by atoms with Crippen molar-refractivity contribution in [1.29, 1.82) is 5.26 Å². The van der Waals surface area contributed by atoms with Gasteiger partial charge in [-0.2, -0.15) is 5.26 Å². The van der Waals surface area contributed by atoms with Crippen LogP contribution in [0.1, 0.15) is 41.6 Å². The first-order valence-electron chi connectivity index (χ1n) is 13.4. The maximum absolute atomic E-state index is 13.3. The fourth-order valence-electron chi connectivity index (χ4n) is 5.54. The van der Waals surface area contributed by atoms with Crippen LogP contribution in [0.5, 0.6) is 0 Å². The average molecular weight is 511 g/mol. The van der Waals surface area contributed by atoms with Crippen LogP contribution in [0.15, 0.2) is 60.8 Å². The normalized spacial score (nSPS) is 18.3. The molecule has 2 amide bonds. The monoisotopic (exact) mass is 510 g/mol. The number of nitrogens with zero attached hydrogens (tertiary/aromatic N) is 5. The lowest BCUT2D eigenvalue weighted by molar-refractivity contribution is -0.132. The second kappa shape index (κ2) is 11.6. The summed E-state index contributed by atoms with van der Waals surface area (Å²) in [5, 5.41) is 13.9. The molecule has 8 heteroatoms. The van der Waals surface area contributed by atoms with Crippen LogP contribution in [-0.4, -0.2) is 76.8 Å². The van der Waals surface area contributed by atoms with E-state index in [4.69, 9.17) is 0 Å². The predicted molar refractivity (Wildman–Crippen MR) is 147 cm³/mol. The molecule has 0 saturated carbocycles. The molecule has 3 aromatic rings. The van der Waals surface area contributed by atoms with Crippen LogP contribution in [0.25, 0.3) is 10.9 Å². The van der Waals surface area contributed by atoms with Crippen LogP contribution in [0.3, 0.4) is 0 Å². The Morgan fingerprint density at radius 3 is 2.61 bits per heavy atom. The lowest BCUT2D eigenvalue weighted by Crippen LogP contribution is -2.46. The van der Waals surface area contributed by atoms with Gasteiger partial charge in [0.1, 0.15) is 6.04 Å². The largest absolute Gasteiger partial charge is 0.382 e. The van der Waals surface area contributed by atoms with Crippen LogP contribution in [-0.2, 0) is 11.3 Å². The molecule has 1 unspecified atom stereocenters. The van der Waals surface area contributed by atoms with Gasteiger partial charge in [0.15, 0.2) is 0 Å². The maximum Gasteiger partial charge on any atom is 0.256 e. The number of nitrogens with one attached hydrogen (secondary N) is 1. The first-order valence-corrected chi connectivity index (χ1v) is 13.4. The summed E-state index contributed by atoms with van der Waals surface area (Å²) in [4.78, 5) is 36.3. The Morgan fingerprint density at radius 2 is 1.84 bits per heavy atom. The Labute approximate surface area is 223 Å². The van der Waals surface area contributed by atoms with Crippen LogP contribution in [0.2, 0.25) is 0 Å². The smallest absolute Gasteiger partial charge is 0.256 e. The van der Waals surface area contributed by atoms with Gasteiger partial charge in [0.05, 0.1) is 23.7 Å². The van der Waals surface area contributed by atoms with Crippen molar-refractivity contribution < 1.29 is 9.59 Å². The molecule has 5 rings (SSSR count). The number of pyridine rings is 1. The first-order chi connectivity index (χ1) is 18.5. The zero-order valence-corrected chi connectivity index (χ0v) is 21.8. The van der Waals surface area contributed by atoms with Crippen molar-refractivity contribution in [3.8, 4) is 6.07 Å². The van der Waals surface area contributed by atoms with E-state index >= 15 is 0 Å². The number of aromatic nitrogens is 1. The number of anilines is 1. The molecule has 0 spiro atoms. The number of rotatable bonds is 7. The molecule has 0 aliphatic carbocycles. The molecule has 0 radical (unpaired) electrons. The highest BCUT2D eigenvalue weighted by atomic mass is 16.2. The van der Waals surface area contributed by atoms with Gasteiger partial charge in [0.25, 0.3) is 5.91 Å². The lowest BCUT2D eigenvalue weighted by Gasteiger charge is -2.34. The van der Waals surface area contributed by atoms with Crippen molar-refractivity contribution in [3.05, 3.63) is 71.9 Å². The van der Waals surface area contributed by atoms with Gasteiger partial charge in [-0.25, -0.2) is 0 Å². The summed E-state index contributed by atoms with van der Waals surface area (Å²) in [5.74, 6) is 0.00809. The van der Waals surface area contributed by atoms with Crippen molar-refractivity contribution in [1.82, 2.24) is 19.7 Å². The van der Waals surface area contributed by atoms with Gasteiger partial charge in [-0.05, 0) is 55.5 Å². The van der Waals surface area contributed by atoms with Gasteiger partial charge in [-0.15, -0.1) is 0 Å². The molecule has 1 N–H and O–H groups in total. The second-order valence-corrected chi connectivity index (χ2v) is 10.3. The van der Waals surface area contributed by atoms with E-state index in [2.05, 4.69) is 21.3 Å². The number of benzene rings is 2. The van der Waals surface area contributed by atoms with Gasteiger partial charge in [-0.3, -0.25) is 19.5 Å². The molecular weight excluding hydrogens is 476 g/mol. The Morgan fingerprint density at radius 1 is 1.05 bits per heavy atom. The van der Waals surface area contributed by atoms with Crippen LogP contribution < -0.4 is 5.32 Å². The predicted octanol–water partition coefficient (Wildman–Crippen LogP) is 3.90. The summed E-state index contributed by atoms with van der Waals surface area (Å²) in [5.41, 5.74) is 3.34. The van der Waals surface area contributed by atoms with Crippen molar-refractivity contribution in [2.75, 3.05) is 38.5 Å². The van der Waals surface area contributed by atoms with Crippen molar-refractivity contribution in [2.45, 2.75) is 44.3 Å². The van der Waals surface area contributed by atoms with E-state index in [9.17, 15) is 14.9 Å². The van der Waals surface area contributed by atoms with E-state index in [-0.39, 0.29) is 23.9 Å². The van der Waals surface area contributed by atoms with Gasteiger partial charge in [-0.1, -0.05) is 30.3 Å².